The van der Waals surface area contributed by atoms with E-state index >= 15 is 0 Å². The van der Waals surface area contributed by atoms with E-state index in [4.69, 9.17) is 4.74 Å². The van der Waals surface area contributed by atoms with Gasteiger partial charge in [-0.3, -0.25) is 9.59 Å². The smallest absolute Gasteiger partial charge is 0.243 e. The maximum atomic E-state index is 13.0. The number of ether oxygens (including phenoxy) is 1. The number of morpholine rings is 1. The molecule has 2 aromatic rings. The summed E-state index contributed by atoms with van der Waals surface area (Å²) in [5.74, 6) is -0.496. The quantitative estimate of drug-likeness (QED) is 0.635. The van der Waals surface area contributed by atoms with E-state index in [1.807, 2.05) is 17.5 Å². The van der Waals surface area contributed by atoms with Crippen LogP contribution in [0.25, 0.3) is 0 Å². The number of rotatable bonds is 8. The Morgan fingerprint density at radius 3 is 2.57 bits per heavy atom. The number of thiophene rings is 1. The van der Waals surface area contributed by atoms with E-state index in [0.29, 0.717) is 31.9 Å². The molecular formula is C20H25N3O5S2. The summed E-state index contributed by atoms with van der Waals surface area (Å²) in [5.41, 5.74) is 0.518. The monoisotopic (exact) mass is 451 g/mol. The van der Waals surface area contributed by atoms with Crippen LogP contribution in [0.5, 0.6) is 0 Å². The van der Waals surface area contributed by atoms with Gasteiger partial charge in [0.25, 0.3) is 0 Å². The number of nitrogens with one attached hydrogen (secondary N) is 2. The third-order valence-corrected chi connectivity index (χ3v) is 7.68. The van der Waals surface area contributed by atoms with Crippen LogP contribution in [-0.4, -0.2) is 50.8 Å². The van der Waals surface area contributed by atoms with Gasteiger partial charge in [-0.05, 0) is 23.1 Å². The summed E-state index contributed by atoms with van der Waals surface area (Å²) in [7, 11) is -3.67. The van der Waals surface area contributed by atoms with Crippen LogP contribution in [0.2, 0.25) is 0 Å². The van der Waals surface area contributed by atoms with E-state index < -0.39 is 16.1 Å². The molecule has 1 aliphatic rings. The third kappa shape index (κ3) is 5.66. The van der Waals surface area contributed by atoms with E-state index in [1.54, 1.807) is 24.3 Å². The van der Waals surface area contributed by atoms with Crippen molar-refractivity contribution in [2.24, 2.45) is 0 Å². The molecular weight excluding hydrogens is 426 g/mol. The van der Waals surface area contributed by atoms with Crippen molar-refractivity contribution in [1.82, 2.24) is 14.9 Å². The van der Waals surface area contributed by atoms with Crippen LogP contribution in [0.4, 0.5) is 0 Å². The summed E-state index contributed by atoms with van der Waals surface area (Å²) in [6, 6.07) is 9.96. The molecule has 10 heteroatoms. The van der Waals surface area contributed by atoms with Crippen molar-refractivity contribution >= 4 is 33.2 Å². The van der Waals surface area contributed by atoms with Gasteiger partial charge in [-0.15, -0.1) is 11.3 Å². The highest BCUT2D eigenvalue weighted by Crippen LogP contribution is 2.23. The van der Waals surface area contributed by atoms with Gasteiger partial charge in [0, 0.05) is 31.4 Å². The minimum absolute atomic E-state index is 0.0679. The second-order valence-electron chi connectivity index (χ2n) is 6.87. The highest BCUT2D eigenvalue weighted by Gasteiger charge is 2.28. The van der Waals surface area contributed by atoms with E-state index in [2.05, 4.69) is 10.6 Å². The van der Waals surface area contributed by atoms with Gasteiger partial charge in [0.2, 0.25) is 21.8 Å². The number of amides is 2. The lowest BCUT2D eigenvalue weighted by molar-refractivity contribution is -0.122. The second-order valence-corrected chi connectivity index (χ2v) is 9.76. The van der Waals surface area contributed by atoms with Crippen LogP contribution in [-0.2, 0) is 30.9 Å². The summed E-state index contributed by atoms with van der Waals surface area (Å²) in [5, 5.41) is 7.46. The van der Waals surface area contributed by atoms with Crippen LogP contribution < -0.4 is 10.6 Å². The van der Waals surface area contributed by atoms with Gasteiger partial charge in [0.15, 0.2) is 0 Å². The van der Waals surface area contributed by atoms with Gasteiger partial charge in [0.05, 0.1) is 30.6 Å². The highest BCUT2D eigenvalue weighted by molar-refractivity contribution is 7.89. The molecule has 0 spiro atoms. The number of sulfonamides is 1. The zero-order chi connectivity index (χ0) is 21.6. The first kappa shape index (κ1) is 22.4. The van der Waals surface area contributed by atoms with E-state index in [1.165, 1.54) is 22.6 Å². The maximum Gasteiger partial charge on any atom is 0.243 e. The van der Waals surface area contributed by atoms with Gasteiger partial charge in [-0.25, -0.2) is 8.42 Å². The minimum atomic E-state index is -3.67. The maximum absolute atomic E-state index is 13.0. The van der Waals surface area contributed by atoms with Crippen molar-refractivity contribution in [3.05, 3.63) is 52.2 Å². The fourth-order valence-corrected chi connectivity index (χ4v) is 5.64. The second kappa shape index (κ2) is 10.2. The van der Waals surface area contributed by atoms with Crippen molar-refractivity contribution < 1.29 is 22.7 Å². The molecule has 0 bridgehead atoms. The summed E-state index contributed by atoms with van der Waals surface area (Å²) >= 11 is 1.46. The zero-order valence-corrected chi connectivity index (χ0v) is 18.3. The van der Waals surface area contributed by atoms with Crippen molar-refractivity contribution in [2.45, 2.75) is 30.8 Å². The predicted octanol–water partition coefficient (Wildman–Crippen LogP) is 1.65. The number of nitrogens with zero attached hydrogens (tertiary/aromatic N) is 1. The van der Waals surface area contributed by atoms with E-state index in [-0.39, 0.29) is 29.7 Å². The third-order valence-electron chi connectivity index (χ3n) is 4.69. The highest BCUT2D eigenvalue weighted by atomic mass is 32.2. The normalized spacial score (nSPS) is 16.0. The largest absolute Gasteiger partial charge is 0.379 e. The Morgan fingerprint density at radius 2 is 1.90 bits per heavy atom. The molecule has 1 atom stereocenters. The van der Waals surface area contributed by atoms with Crippen LogP contribution >= 0.6 is 11.3 Å². The molecule has 0 unspecified atom stereocenters. The Balaban J connectivity index is 1.68. The van der Waals surface area contributed by atoms with Crippen LogP contribution in [0.15, 0.2) is 46.7 Å². The first-order valence-corrected chi connectivity index (χ1v) is 11.9. The van der Waals surface area contributed by atoms with Crippen molar-refractivity contribution in [2.75, 3.05) is 26.3 Å². The number of carbonyl (C=O) groups is 2. The van der Waals surface area contributed by atoms with Gasteiger partial charge in [-0.2, -0.15) is 4.31 Å². The lowest BCUT2D eigenvalue weighted by Gasteiger charge is -2.27. The molecule has 8 nitrogen and oxygen atoms in total. The number of benzene rings is 1. The Bertz CT molecular complexity index is 970. The number of carbonyl (C=O) groups excluding carboxylic acids is 2. The van der Waals surface area contributed by atoms with Crippen molar-refractivity contribution in [3.8, 4) is 0 Å². The molecule has 3 rings (SSSR count). The van der Waals surface area contributed by atoms with Gasteiger partial charge < -0.3 is 15.4 Å². The van der Waals surface area contributed by atoms with Gasteiger partial charge in [0.1, 0.15) is 0 Å². The Morgan fingerprint density at radius 1 is 1.17 bits per heavy atom. The summed E-state index contributed by atoms with van der Waals surface area (Å²) < 4.78 is 32.7. The Labute approximate surface area is 180 Å². The fraction of sp³-hybridized carbons (Fsp3) is 0.400. The lowest BCUT2D eigenvalue weighted by atomic mass is 10.1. The summed E-state index contributed by atoms with van der Waals surface area (Å²) in [6.07, 6.45) is 0.0679. The predicted molar refractivity (Wildman–Crippen MR) is 113 cm³/mol. The van der Waals surface area contributed by atoms with E-state index in [9.17, 15) is 18.0 Å². The molecule has 1 saturated heterocycles. The zero-order valence-electron chi connectivity index (χ0n) is 16.7. The molecule has 1 aromatic carbocycles. The molecule has 162 valence electrons. The lowest BCUT2D eigenvalue weighted by Crippen LogP contribution is -2.41. The van der Waals surface area contributed by atoms with Crippen molar-refractivity contribution in [3.63, 3.8) is 0 Å². The first-order valence-electron chi connectivity index (χ1n) is 9.61. The fourth-order valence-electron chi connectivity index (χ4n) is 3.24. The SMILES string of the molecule is CC(=O)N[C@H](CC(=O)NCc1ccccc1S(=O)(=O)N1CCOCC1)c1cccs1. The number of hydrogen-bond donors (Lipinski definition) is 2. The molecule has 1 aliphatic heterocycles. The standard InChI is InChI=1S/C20H25N3O5S2/c1-15(24)22-17(18-6-4-12-29-18)13-20(25)21-14-16-5-2-3-7-19(16)30(26,27)23-8-10-28-11-9-23/h2-7,12,17H,8-11,13-14H2,1H3,(H,21,25)(H,22,24)/t17-/m1/s1. The molecule has 1 aromatic heterocycles. The Hall–Kier alpha value is -2.27. The summed E-state index contributed by atoms with van der Waals surface area (Å²) in [4.78, 5) is 25.1. The first-order chi connectivity index (χ1) is 14.4. The average Bonchev–Trinajstić information content (AvgIpc) is 3.27. The van der Waals surface area contributed by atoms with Crippen LogP contribution in [0, 0.1) is 0 Å². The molecule has 0 aliphatic carbocycles. The molecule has 2 amide bonds. The average molecular weight is 452 g/mol. The topological polar surface area (TPSA) is 105 Å². The molecule has 0 radical (unpaired) electrons. The van der Waals surface area contributed by atoms with Gasteiger partial charge >= 0.3 is 0 Å². The minimum Gasteiger partial charge on any atom is -0.379 e. The van der Waals surface area contributed by atoms with Crippen LogP contribution in [0.3, 0.4) is 0 Å². The molecule has 2 heterocycles. The Kier molecular flexibility index (Phi) is 7.59. The molecule has 30 heavy (non-hydrogen) atoms. The van der Waals surface area contributed by atoms with Crippen molar-refractivity contribution in [1.29, 1.82) is 0 Å². The molecule has 1 fully saturated rings. The number of hydrogen-bond acceptors (Lipinski definition) is 6. The molecule has 0 saturated carbocycles. The summed E-state index contributed by atoms with van der Waals surface area (Å²) in [6.45, 7) is 2.84. The van der Waals surface area contributed by atoms with E-state index in [0.717, 1.165) is 4.88 Å². The molecule has 2 N–H and O–H groups in total. The van der Waals surface area contributed by atoms with Gasteiger partial charge in [-0.1, -0.05) is 24.3 Å². The van der Waals surface area contributed by atoms with Crippen LogP contribution in [0.1, 0.15) is 29.8 Å².